The summed E-state index contributed by atoms with van der Waals surface area (Å²) in [6, 6.07) is 0. The van der Waals surface area contributed by atoms with Crippen LogP contribution in [0.5, 0.6) is 0 Å². The first-order valence-corrected chi connectivity index (χ1v) is 7.52. The summed E-state index contributed by atoms with van der Waals surface area (Å²) >= 11 is 2.06. The molecule has 0 amide bonds. The smallest absolute Gasteiger partial charge is 0.154 e. The van der Waals surface area contributed by atoms with Gasteiger partial charge >= 0.3 is 0 Å². The third-order valence-electron chi connectivity index (χ3n) is 3.69. The van der Waals surface area contributed by atoms with Gasteiger partial charge in [0.15, 0.2) is 5.82 Å². The second-order valence-corrected chi connectivity index (χ2v) is 6.16. The Hall–Kier alpha value is -0.510. The molecule has 1 aromatic heterocycles. The van der Waals surface area contributed by atoms with Gasteiger partial charge in [-0.3, -0.25) is 0 Å². The fourth-order valence-corrected chi connectivity index (χ4v) is 3.83. The number of hydrogen-bond donors (Lipinski definition) is 0. The highest BCUT2D eigenvalue weighted by Crippen LogP contribution is 2.32. The van der Waals surface area contributed by atoms with Gasteiger partial charge in [0, 0.05) is 24.1 Å². The van der Waals surface area contributed by atoms with Gasteiger partial charge in [-0.25, -0.2) is 9.67 Å². The van der Waals surface area contributed by atoms with Crippen LogP contribution in [0.1, 0.15) is 56.1 Å². The summed E-state index contributed by atoms with van der Waals surface area (Å²) in [5, 5.41) is 4.72. The van der Waals surface area contributed by atoms with Crippen molar-refractivity contribution in [3.05, 3.63) is 11.6 Å². The number of rotatable bonds is 1. The molecule has 1 saturated heterocycles. The highest BCUT2D eigenvalue weighted by molar-refractivity contribution is 7.99. The van der Waals surface area contributed by atoms with Crippen LogP contribution < -0.4 is 0 Å². The van der Waals surface area contributed by atoms with Crippen LogP contribution in [0.3, 0.4) is 0 Å². The highest BCUT2D eigenvalue weighted by Gasteiger charge is 2.25. The molecule has 0 aliphatic carbocycles. The van der Waals surface area contributed by atoms with Crippen LogP contribution in [0.15, 0.2) is 0 Å². The molecular weight excluding hydrogens is 218 g/mol. The molecule has 16 heavy (non-hydrogen) atoms. The van der Waals surface area contributed by atoms with Gasteiger partial charge in [0.05, 0.1) is 0 Å². The van der Waals surface area contributed by atoms with E-state index in [9.17, 15) is 0 Å². The number of fused-ring (bicyclic) bond motifs is 1. The molecule has 2 unspecified atom stereocenters. The van der Waals surface area contributed by atoms with Crippen molar-refractivity contribution in [3.63, 3.8) is 0 Å². The van der Waals surface area contributed by atoms with Crippen molar-refractivity contribution >= 4 is 11.8 Å². The van der Waals surface area contributed by atoms with Crippen molar-refractivity contribution < 1.29 is 0 Å². The van der Waals surface area contributed by atoms with Crippen LogP contribution in [0, 0.1) is 0 Å². The third kappa shape index (κ3) is 1.88. The van der Waals surface area contributed by atoms with Gasteiger partial charge in [-0.2, -0.15) is 16.9 Å². The lowest BCUT2D eigenvalue weighted by molar-refractivity contribution is 0.430. The Morgan fingerprint density at radius 2 is 2.25 bits per heavy atom. The lowest BCUT2D eigenvalue weighted by Crippen LogP contribution is -2.15. The average Bonchev–Trinajstić information content (AvgIpc) is 2.76. The molecule has 1 aromatic rings. The fourth-order valence-electron chi connectivity index (χ4n) is 2.70. The maximum absolute atomic E-state index is 4.79. The first-order chi connectivity index (χ1) is 7.84. The van der Waals surface area contributed by atoms with Gasteiger partial charge in [0.2, 0.25) is 0 Å². The molecule has 3 rings (SSSR count). The van der Waals surface area contributed by atoms with Crippen molar-refractivity contribution in [2.24, 2.45) is 0 Å². The minimum Gasteiger partial charge on any atom is -0.250 e. The standard InChI is InChI=1S/C12H19N3S/c1-9-4-2-6-15-12(9)13-11(14-15)10-5-3-7-16-8-10/h9-10H,2-8H2,1H3. The van der Waals surface area contributed by atoms with E-state index in [0.29, 0.717) is 11.8 Å². The molecule has 3 nitrogen and oxygen atoms in total. The van der Waals surface area contributed by atoms with E-state index >= 15 is 0 Å². The van der Waals surface area contributed by atoms with Crippen LogP contribution in [-0.4, -0.2) is 26.3 Å². The SMILES string of the molecule is CC1CCCn2nc(C3CCCSC3)nc21. The molecule has 4 heteroatoms. The minimum atomic E-state index is 0.603. The Labute approximate surface area is 101 Å². The second-order valence-electron chi connectivity index (χ2n) is 5.01. The first kappa shape index (κ1) is 10.6. The molecule has 0 spiro atoms. The summed E-state index contributed by atoms with van der Waals surface area (Å²) < 4.78 is 2.16. The average molecular weight is 237 g/mol. The zero-order valence-electron chi connectivity index (χ0n) is 9.85. The number of thioether (sulfide) groups is 1. The number of nitrogens with zero attached hydrogens (tertiary/aromatic N) is 3. The fraction of sp³-hybridized carbons (Fsp3) is 0.833. The summed E-state index contributed by atoms with van der Waals surface area (Å²) in [6.45, 7) is 3.35. The van der Waals surface area contributed by atoms with Crippen molar-refractivity contribution in [2.45, 2.75) is 51.0 Å². The summed E-state index contributed by atoms with van der Waals surface area (Å²) in [4.78, 5) is 4.79. The van der Waals surface area contributed by atoms with Crippen molar-refractivity contribution in [1.29, 1.82) is 0 Å². The van der Waals surface area contributed by atoms with E-state index in [2.05, 4.69) is 23.4 Å². The van der Waals surface area contributed by atoms with E-state index in [1.54, 1.807) is 0 Å². The predicted molar refractivity (Wildman–Crippen MR) is 67.0 cm³/mol. The van der Waals surface area contributed by atoms with Gasteiger partial charge in [-0.1, -0.05) is 6.92 Å². The van der Waals surface area contributed by atoms with Crippen molar-refractivity contribution in [1.82, 2.24) is 14.8 Å². The van der Waals surface area contributed by atoms with E-state index < -0.39 is 0 Å². The first-order valence-electron chi connectivity index (χ1n) is 6.37. The maximum atomic E-state index is 4.79. The molecule has 1 fully saturated rings. The predicted octanol–water partition coefficient (Wildman–Crippen LogP) is 2.79. The number of aromatic nitrogens is 3. The zero-order chi connectivity index (χ0) is 11.0. The molecule has 0 bridgehead atoms. The molecule has 2 atom stereocenters. The van der Waals surface area contributed by atoms with E-state index in [1.807, 2.05) is 0 Å². The summed E-state index contributed by atoms with van der Waals surface area (Å²) in [5.74, 6) is 6.11. The maximum Gasteiger partial charge on any atom is 0.154 e. The van der Waals surface area contributed by atoms with Crippen LogP contribution in [-0.2, 0) is 6.54 Å². The monoisotopic (exact) mass is 237 g/mol. The van der Waals surface area contributed by atoms with Gasteiger partial charge in [-0.15, -0.1) is 0 Å². The van der Waals surface area contributed by atoms with Crippen LogP contribution in [0.4, 0.5) is 0 Å². The van der Waals surface area contributed by atoms with Gasteiger partial charge < -0.3 is 0 Å². The number of aryl methyl sites for hydroxylation is 1. The van der Waals surface area contributed by atoms with E-state index in [4.69, 9.17) is 10.1 Å². The van der Waals surface area contributed by atoms with E-state index in [1.165, 1.54) is 43.0 Å². The third-order valence-corrected chi connectivity index (χ3v) is 4.91. The lowest BCUT2D eigenvalue weighted by atomic mass is 10.0. The molecule has 0 saturated carbocycles. The normalized spacial score (nSPS) is 30.1. The Balaban J connectivity index is 1.85. The quantitative estimate of drug-likeness (QED) is 0.752. The second kappa shape index (κ2) is 4.40. The summed E-state index contributed by atoms with van der Waals surface area (Å²) in [6.07, 6.45) is 5.15. The Morgan fingerprint density at radius 3 is 3.00 bits per heavy atom. The molecule has 0 N–H and O–H groups in total. The molecule has 0 aromatic carbocycles. The van der Waals surface area contributed by atoms with Gasteiger partial charge in [0.1, 0.15) is 5.82 Å². The Kier molecular flexibility index (Phi) is 2.92. The van der Waals surface area contributed by atoms with Crippen molar-refractivity contribution in [3.8, 4) is 0 Å². The topological polar surface area (TPSA) is 30.7 Å². The summed E-state index contributed by atoms with van der Waals surface area (Å²) in [5.41, 5.74) is 0. The molecular formula is C12H19N3S. The van der Waals surface area contributed by atoms with Crippen LogP contribution in [0.25, 0.3) is 0 Å². The largest absolute Gasteiger partial charge is 0.250 e. The molecule has 2 aliphatic heterocycles. The lowest BCUT2D eigenvalue weighted by Gasteiger charge is -2.17. The number of hydrogen-bond acceptors (Lipinski definition) is 3. The van der Waals surface area contributed by atoms with Crippen molar-refractivity contribution in [2.75, 3.05) is 11.5 Å². The van der Waals surface area contributed by atoms with E-state index in [0.717, 1.165) is 12.4 Å². The van der Waals surface area contributed by atoms with Gasteiger partial charge in [0.25, 0.3) is 0 Å². The summed E-state index contributed by atoms with van der Waals surface area (Å²) in [7, 11) is 0. The Morgan fingerprint density at radius 1 is 1.31 bits per heavy atom. The molecule has 88 valence electrons. The van der Waals surface area contributed by atoms with Crippen LogP contribution >= 0.6 is 11.8 Å². The minimum absolute atomic E-state index is 0.603. The van der Waals surface area contributed by atoms with Crippen LogP contribution in [0.2, 0.25) is 0 Å². The Bertz CT molecular complexity index is 368. The molecule has 0 radical (unpaired) electrons. The van der Waals surface area contributed by atoms with Gasteiger partial charge in [-0.05, 0) is 31.4 Å². The zero-order valence-corrected chi connectivity index (χ0v) is 10.7. The van der Waals surface area contributed by atoms with E-state index in [-0.39, 0.29) is 0 Å². The molecule has 3 heterocycles. The molecule has 2 aliphatic rings. The highest BCUT2D eigenvalue weighted by atomic mass is 32.2.